The Balaban J connectivity index is 1.40. The van der Waals surface area contributed by atoms with Gasteiger partial charge in [-0.25, -0.2) is 10.9 Å². The molecule has 2 aliphatic heterocycles. The molecule has 176 valence electrons. The first-order chi connectivity index (χ1) is 16.6. The van der Waals surface area contributed by atoms with Gasteiger partial charge in [0.05, 0.1) is 19.3 Å². The van der Waals surface area contributed by atoms with Crippen LogP contribution in [-0.2, 0) is 11.3 Å². The Hall–Kier alpha value is -3.19. The van der Waals surface area contributed by atoms with Gasteiger partial charge in [0, 0.05) is 24.4 Å². The molecule has 0 saturated carbocycles. The fourth-order valence-corrected chi connectivity index (χ4v) is 5.22. The standard InChI is InChI=1S/C28H32N4O2/c1-18-8-10-21(11-9-18)26-25-23(28(33)29-17-19-6-4-3-5-7-19)16-24(30-27(25)32-31-26)20-12-14-22(34-2)15-13-20/h3-15,23-27,30-32H,16-17H2,1-2H3,(H,29,33). The minimum absolute atomic E-state index is 0.0281. The molecule has 6 nitrogen and oxygen atoms in total. The predicted molar refractivity (Wildman–Crippen MR) is 133 cm³/mol. The number of piperidine rings is 1. The van der Waals surface area contributed by atoms with Crippen LogP contribution in [0.2, 0.25) is 0 Å². The van der Waals surface area contributed by atoms with Crippen molar-refractivity contribution < 1.29 is 9.53 Å². The second-order valence-electron chi connectivity index (χ2n) is 9.27. The predicted octanol–water partition coefficient (Wildman–Crippen LogP) is 3.76. The van der Waals surface area contributed by atoms with E-state index in [9.17, 15) is 4.79 Å². The van der Waals surface area contributed by atoms with Gasteiger partial charge in [-0.05, 0) is 42.2 Å². The quantitative estimate of drug-likeness (QED) is 0.455. The second-order valence-corrected chi connectivity index (χ2v) is 9.27. The van der Waals surface area contributed by atoms with Crippen LogP contribution in [0.5, 0.6) is 5.75 Å². The van der Waals surface area contributed by atoms with Gasteiger partial charge in [0.15, 0.2) is 0 Å². The molecule has 6 heteroatoms. The zero-order chi connectivity index (χ0) is 23.5. The molecule has 1 amide bonds. The Bertz CT molecular complexity index is 1100. The number of methoxy groups -OCH3 is 1. The van der Waals surface area contributed by atoms with Crippen LogP contribution in [0.25, 0.3) is 0 Å². The molecule has 0 radical (unpaired) electrons. The third-order valence-electron chi connectivity index (χ3n) is 7.10. The first-order valence-electron chi connectivity index (χ1n) is 11.9. The van der Waals surface area contributed by atoms with Gasteiger partial charge in [-0.3, -0.25) is 10.1 Å². The molecule has 2 heterocycles. The number of nitrogens with one attached hydrogen (secondary N) is 4. The van der Waals surface area contributed by atoms with Gasteiger partial charge in [-0.2, -0.15) is 0 Å². The van der Waals surface area contributed by atoms with Crippen molar-refractivity contribution in [1.82, 2.24) is 21.5 Å². The number of aryl methyl sites for hydroxylation is 1. The maximum absolute atomic E-state index is 13.6. The van der Waals surface area contributed by atoms with Gasteiger partial charge < -0.3 is 10.1 Å². The summed E-state index contributed by atoms with van der Waals surface area (Å²) in [6.07, 6.45) is 0.694. The highest BCUT2D eigenvalue weighted by molar-refractivity contribution is 5.79. The molecule has 3 aromatic rings. The number of hydrogen-bond donors (Lipinski definition) is 4. The van der Waals surface area contributed by atoms with E-state index in [1.807, 2.05) is 42.5 Å². The lowest BCUT2D eigenvalue weighted by molar-refractivity contribution is -0.129. The van der Waals surface area contributed by atoms with Gasteiger partial charge in [0.25, 0.3) is 0 Å². The summed E-state index contributed by atoms with van der Waals surface area (Å²) in [6, 6.07) is 26.9. The molecule has 5 atom stereocenters. The van der Waals surface area contributed by atoms with Crippen molar-refractivity contribution in [3.05, 3.63) is 101 Å². The van der Waals surface area contributed by atoms with E-state index in [4.69, 9.17) is 4.74 Å². The Labute approximate surface area is 201 Å². The maximum atomic E-state index is 13.6. The summed E-state index contributed by atoms with van der Waals surface area (Å²) in [4.78, 5) is 13.6. The first-order valence-corrected chi connectivity index (χ1v) is 11.9. The molecular formula is C28H32N4O2. The topological polar surface area (TPSA) is 74.4 Å². The van der Waals surface area contributed by atoms with Crippen molar-refractivity contribution >= 4 is 5.91 Å². The maximum Gasteiger partial charge on any atom is 0.223 e. The van der Waals surface area contributed by atoms with E-state index in [-0.39, 0.29) is 36.0 Å². The Morgan fingerprint density at radius 3 is 2.35 bits per heavy atom. The Morgan fingerprint density at radius 1 is 0.941 bits per heavy atom. The lowest BCUT2D eigenvalue weighted by Crippen LogP contribution is -2.54. The van der Waals surface area contributed by atoms with E-state index in [2.05, 4.69) is 64.8 Å². The van der Waals surface area contributed by atoms with Crippen LogP contribution in [-0.4, -0.2) is 19.2 Å². The van der Waals surface area contributed by atoms with E-state index in [1.54, 1.807) is 7.11 Å². The van der Waals surface area contributed by atoms with Gasteiger partial charge in [-0.1, -0.05) is 72.3 Å². The normalized spacial score (nSPS) is 26.0. The molecule has 5 rings (SSSR count). The average molecular weight is 457 g/mol. The summed E-state index contributed by atoms with van der Waals surface area (Å²) in [6.45, 7) is 2.62. The smallest absolute Gasteiger partial charge is 0.223 e. The molecule has 4 N–H and O–H groups in total. The molecule has 3 aromatic carbocycles. The summed E-state index contributed by atoms with van der Waals surface area (Å²) in [5.41, 5.74) is 11.6. The average Bonchev–Trinajstić information content (AvgIpc) is 3.32. The van der Waals surface area contributed by atoms with E-state index in [0.717, 1.165) is 23.3 Å². The lowest BCUT2D eigenvalue weighted by Gasteiger charge is -2.40. The van der Waals surface area contributed by atoms with Crippen molar-refractivity contribution in [2.24, 2.45) is 11.8 Å². The highest BCUT2D eigenvalue weighted by Crippen LogP contribution is 2.42. The number of benzene rings is 3. The Morgan fingerprint density at radius 2 is 1.65 bits per heavy atom. The van der Waals surface area contributed by atoms with Crippen LogP contribution in [0.15, 0.2) is 78.9 Å². The zero-order valence-electron chi connectivity index (χ0n) is 19.6. The summed E-state index contributed by atoms with van der Waals surface area (Å²) < 4.78 is 5.32. The second kappa shape index (κ2) is 9.97. The van der Waals surface area contributed by atoms with Crippen molar-refractivity contribution in [1.29, 1.82) is 0 Å². The summed E-state index contributed by atoms with van der Waals surface area (Å²) in [5.74, 6) is 0.847. The number of amides is 1. The SMILES string of the molecule is COc1ccc(C2CC(C(=O)NCc3ccccc3)C3C(NNC3c3ccc(C)cc3)N2)cc1. The largest absolute Gasteiger partial charge is 0.497 e. The van der Waals surface area contributed by atoms with Gasteiger partial charge in [0.1, 0.15) is 5.75 Å². The number of carbonyl (C=O) groups is 1. The molecule has 0 bridgehead atoms. The number of ether oxygens (including phenoxy) is 1. The summed E-state index contributed by atoms with van der Waals surface area (Å²) in [7, 11) is 1.67. The fourth-order valence-electron chi connectivity index (χ4n) is 5.22. The van der Waals surface area contributed by atoms with Crippen LogP contribution < -0.4 is 26.2 Å². The molecule has 5 unspecified atom stereocenters. The fraction of sp³-hybridized carbons (Fsp3) is 0.321. The highest BCUT2D eigenvalue weighted by atomic mass is 16.5. The van der Waals surface area contributed by atoms with Crippen molar-refractivity contribution in [3.8, 4) is 5.75 Å². The Kier molecular flexibility index (Phi) is 6.63. The third kappa shape index (κ3) is 4.71. The van der Waals surface area contributed by atoms with Crippen molar-refractivity contribution in [2.45, 2.75) is 38.1 Å². The number of hydrazine groups is 1. The first kappa shape index (κ1) is 22.6. The third-order valence-corrected chi connectivity index (χ3v) is 7.10. The molecule has 2 aliphatic rings. The molecule has 0 spiro atoms. The monoisotopic (exact) mass is 456 g/mol. The van der Waals surface area contributed by atoms with Crippen LogP contribution >= 0.6 is 0 Å². The number of carbonyl (C=O) groups excluding carboxylic acids is 1. The zero-order valence-corrected chi connectivity index (χ0v) is 19.6. The molecular weight excluding hydrogens is 424 g/mol. The molecule has 2 fully saturated rings. The van der Waals surface area contributed by atoms with Gasteiger partial charge in [-0.15, -0.1) is 0 Å². The lowest BCUT2D eigenvalue weighted by atomic mass is 9.74. The summed E-state index contributed by atoms with van der Waals surface area (Å²) in [5, 5.41) is 6.95. The van der Waals surface area contributed by atoms with Crippen LogP contribution in [0.3, 0.4) is 0 Å². The number of rotatable bonds is 6. The number of hydrogen-bond acceptors (Lipinski definition) is 5. The molecule has 2 saturated heterocycles. The van der Waals surface area contributed by atoms with Crippen molar-refractivity contribution in [2.75, 3.05) is 7.11 Å². The van der Waals surface area contributed by atoms with Crippen LogP contribution in [0, 0.1) is 18.8 Å². The van der Waals surface area contributed by atoms with E-state index in [0.29, 0.717) is 6.54 Å². The minimum Gasteiger partial charge on any atom is -0.497 e. The van der Waals surface area contributed by atoms with E-state index >= 15 is 0 Å². The summed E-state index contributed by atoms with van der Waals surface area (Å²) >= 11 is 0. The van der Waals surface area contributed by atoms with Crippen LogP contribution in [0.4, 0.5) is 0 Å². The van der Waals surface area contributed by atoms with E-state index in [1.165, 1.54) is 11.1 Å². The highest BCUT2D eigenvalue weighted by Gasteiger charge is 2.49. The van der Waals surface area contributed by atoms with Crippen LogP contribution in [0.1, 0.15) is 40.8 Å². The molecule has 34 heavy (non-hydrogen) atoms. The minimum atomic E-state index is -0.157. The van der Waals surface area contributed by atoms with Gasteiger partial charge in [0.2, 0.25) is 5.91 Å². The molecule has 0 aliphatic carbocycles. The van der Waals surface area contributed by atoms with E-state index < -0.39 is 0 Å². The van der Waals surface area contributed by atoms with Gasteiger partial charge >= 0.3 is 0 Å². The van der Waals surface area contributed by atoms with Crippen molar-refractivity contribution in [3.63, 3.8) is 0 Å². The number of fused-ring (bicyclic) bond motifs is 1. The molecule has 0 aromatic heterocycles.